The Morgan fingerprint density at radius 1 is 1.05 bits per heavy atom. The van der Waals surface area contributed by atoms with Gasteiger partial charge in [-0.1, -0.05) is 24.3 Å². The van der Waals surface area contributed by atoms with Gasteiger partial charge in [0.1, 0.15) is 26.9 Å². The number of para-hydroxylation sites is 1. The maximum Gasteiger partial charge on any atom is 0.270 e. The molecule has 3 aromatic rings. The second-order valence-electron chi connectivity index (χ2n) is 9.92. The molecule has 1 aromatic carbocycles. The summed E-state index contributed by atoms with van der Waals surface area (Å²) in [5.41, 5.74) is 3.39. The fraction of sp³-hybridized carbons (Fsp3) is 0.367. The van der Waals surface area contributed by atoms with E-state index in [0.29, 0.717) is 33.9 Å². The average Bonchev–Trinajstić information content (AvgIpc) is 3.28. The Labute approximate surface area is 248 Å². The Morgan fingerprint density at radius 2 is 1.71 bits per heavy atom. The van der Waals surface area contributed by atoms with Gasteiger partial charge in [0.2, 0.25) is 5.91 Å². The number of aromatic nitrogens is 2. The first kappa shape index (κ1) is 30.5. The molecule has 12 heteroatoms. The van der Waals surface area contributed by atoms with Gasteiger partial charge in [0, 0.05) is 51.2 Å². The summed E-state index contributed by atoms with van der Waals surface area (Å²) in [4.78, 5) is 47.1. The zero-order valence-electron chi connectivity index (χ0n) is 24.4. The van der Waals surface area contributed by atoms with Crippen molar-refractivity contribution in [2.24, 2.45) is 0 Å². The van der Waals surface area contributed by atoms with Crippen LogP contribution in [0, 0.1) is 25.2 Å². The highest BCUT2D eigenvalue weighted by Crippen LogP contribution is 2.25. The summed E-state index contributed by atoms with van der Waals surface area (Å²) in [5.74, 6) is 0.154. The van der Waals surface area contributed by atoms with Gasteiger partial charge in [-0.3, -0.25) is 23.9 Å². The van der Waals surface area contributed by atoms with Gasteiger partial charge in [-0.25, -0.2) is 4.98 Å². The molecule has 0 saturated carbocycles. The van der Waals surface area contributed by atoms with E-state index in [1.54, 1.807) is 32.0 Å². The number of pyridine rings is 1. The van der Waals surface area contributed by atoms with Crippen molar-refractivity contribution < 1.29 is 9.59 Å². The summed E-state index contributed by atoms with van der Waals surface area (Å²) in [5, 5.41) is 18.0. The monoisotopic (exact) mass is 588 g/mol. The van der Waals surface area contributed by atoms with E-state index in [1.807, 2.05) is 6.07 Å². The van der Waals surface area contributed by atoms with Crippen LogP contribution in [-0.2, 0) is 16.1 Å². The lowest BCUT2D eigenvalue weighted by molar-refractivity contribution is -0.117. The predicted molar refractivity (Wildman–Crippen MR) is 167 cm³/mol. The smallest absolute Gasteiger partial charge is 0.270 e. The quantitative estimate of drug-likeness (QED) is 0.341. The van der Waals surface area contributed by atoms with Crippen LogP contribution in [0.4, 0.5) is 17.3 Å². The highest BCUT2D eigenvalue weighted by atomic mass is 32.1. The van der Waals surface area contributed by atoms with Gasteiger partial charge in [0.15, 0.2) is 5.57 Å². The number of nitrogens with zero attached hydrogens (tertiary/aromatic N) is 5. The number of carbonyl (C=O) groups excluding carboxylic acids is 2. The standard InChI is InChI=1S/C30H36N8O3S/c1-5-32-28(40)22(17-31)30-38(6-2)29(41)23(42-30)18-33-24-11-8-12-25(34-24)35-26(39)19-36-13-15-37(16-14-36)27-20(3)9-7-10-21(27)4/h7-12,18H,5-6,13-16,19H2,1-4H3,(H,32,40)(H2,33,34,35,39)/b23-18+,30-22-. The predicted octanol–water partition coefficient (Wildman–Crippen LogP) is 1.36. The molecule has 0 spiro atoms. The molecule has 4 rings (SSSR count). The zero-order valence-corrected chi connectivity index (χ0v) is 25.2. The summed E-state index contributed by atoms with van der Waals surface area (Å²) in [6.07, 6.45) is 1.50. The Kier molecular flexibility index (Phi) is 10.1. The fourth-order valence-corrected chi connectivity index (χ4v) is 6.07. The summed E-state index contributed by atoms with van der Waals surface area (Å²) in [7, 11) is 0. The number of rotatable bonds is 9. The highest BCUT2D eigenvalue weighted by Gasteiger charge is 2.21. The molecule has 2 aromatic heterocycles. The van der Waals surface area contributed by atoms with Crippen LogP contribution in [0.25, 0.3) is 11.8 Å². The van der Waals surface area contributed by atoms with Crippen LogP contribution in [0.5, 0.6) is 0 Å². The lowest BCUT2D eigenvalue weighted by Gasteiger charge is -2.37. The maximum atomic E-state index is 12.9. The first-order chi connectivity index (χ1) is 20.2. The van der Waals surface area contributed by atoms with Gasteiger partial charge in [-0.2, -0.15) is 5.26 Å². The maximum absolute atomic E-state index is 12.9. The molecule has 2 amide bonds. The van der Waals surface area contributed by atoms with Crippen LogP contribution in [0.2, 0.25) is 0 Å². The number of thiazole rings is 1. The zero-order chi connectivity index (χ0) is 30.2. The number of hydrogen-bond acceptors (Lipinski definition) is 9. The number of carbonyl (C=O) groups is 2. The molecular weight excluding hydrogens is 552 g/mol. The fourth-order valence-electron chi connectivity index (χ4n) is 4.98. The summed E-state index contributed by atoms with van der Waals surface area (Å²) >= 11 is 1.06. The molecule has 1 saturated heterocycles. The molecule has 42 heavy (non-hydrogen) atoms. The van der Waals surface area contributed by atoms with Crippen LogP contribution in [0.15, 0.2) is 41.2 Å². The van der Waals surface area contributed by atoms with Gasteiger partial charge >= 0.3 is 0 Å². The molecule has 0 bridgehead atoms. The Balaban J connectivity index is 1.40. The third-order valence-electron chi connectivity index (χ3n) is 6.98. The Hall–Kier alpha value is -4.47. The van der Waals surface area contributed by atoms with Crippen LogP contribution in [-0.4, -0.2) is 65.5 Å². The lowest BCUT2D eigenvalue weighted by Crippen LogP contribution is -2.49. The number of benzene rings is 1. The van der Waals surface area contributed by atoms with Crippen molar-refractivity contribution in [3.63, 3.8) is 0 Å². The number of nitriles is 1. The minimum absolute atomic E-state index is 0.102. The first-order valence-corrected chi connectivity index (χ1v) is 14.8. The van der Waals surface area contributed by atoms with Crippen LogP contribution in [0.3, 0.4) is 0 Å². The van der Waals surface area contributed by atoms with Crippen molar-refractivity contribution in [2.75, 3.05) is 54.8 Å². The van der Waals surface area contributed by atoms with Gasteiger partial charge in [0.05, 0.1) is 6.54 Å². The number of aryl methyl sites for hydroxylation is 2. The van der Waals surface area contributed by atoms with E-state index in [0.717, 1.165) is 37.5 Å². The molecular formula is C30H36N8O3S. The Morgan fingerprint density at radius 3 is 2.36 bits per heavy atom. The van der Waals surface area contributed by atoms with E-state index >= 15 is 0 Å². The number of amides is 2. The van der Waals surface area contributed by atoms with Crippen molar-refractivity contribution in [3.8, 4) is 6.07 Å². The number of anilines is 3. The molecule has 1 aliphatic heterocycles. The molecule has 0 radical (unpaired) electrons. The number of piperazine rings is 1. The number of nitrogens with one attached hydrogen (secondary N) is 3. The van der Waals surface area contributed by atoms with E-state index in [4.69, 9.17) is 0 Å². The second kappa shape index (κ2) is 13.9. The molecule has 1 fully saturated rings. The number of hydrogen-bond donors (Lipinski definition) is 3. The summed E-state index contributed by atoms with van der Waals surface area (Å²) < 4.78 is 2.02. The normalized spacial score (nSPS) is 14.7. The van der Waals surface area contributed by atoms with E-state index in [1.165, 1.54) is 27.6 Å². The largest absolute Gasteiger partial charge is 0.369 e. The van der Waals surface area contributed by atoms with Crippen LogP contribution < -0.4 is 35.6 Å². The minimum Gasteiger partial charge on any atom is -0.369 e. The summed E-state index contributed by atoms with van der Waals surface area (Å²) in [6.45, 7) is 12.0. The second-order valence-corrected chi connectivity index (χ2v) is 10.9. The molecule has 220 valence electrons. The van der Waals surface area contributed by atoms with Crippen LogP contribution in [0.1, 0.15) is 25.0 Å². The van der Waals surface area contributed by atoms with E-state index in [9.17, 15) is 19.6 Å². The minimum atomic E-state index is -0.517. The summed E-state index contributed by atoms with van der Waals surface area (Å²) in [6, 6.07) is 13.4. The molecule has 0 aliphatic carbocycles. The van der Waals surface area contributed by atoms with Crippen LogP contribution >= 0.6 is 11.3 Å². The van der Waals surface area contributed by atoms with E-state index in [2.05, 4.69) is 62.8 Å². The van der Waals surface area contributed by atoms with Crippen molar-refractivity contribution in [2.45, 2.75) is 34.2 Å². The first-order valence-electron chi connectivity index (χ1n) is 13.9. The molecule has 11 nitrogen and oxygen atoms in total. The molecule has 1 aliphatic rings. The van der Waals surface area contributed by atoms with Crippen molar-refractivity contribution in [3.05, 3.63) is 67.1 Å². The van der Waals surface area contributed by atoms with E-state index in [-0.39, 0.29) is 23.6 Å². The molecule has 3 N–H and O–H groups in total. The topological polar surface area (TPSA) is 135 Å². The third kappa shape index (κ3) is 7.05. The van der Waals surface area contributed by atoms with Gasteiger partial charge in [0.25, 0.3) is 11.5 Å². The van der Waals surface area contributed by atoms with Gasteiger partial charge in [-0.05, 0) is 51.0 Å². The van der Waals surface area contributed by atoms with Crippen molar-refractivity contribution in [1.29, 1.82) is 5.26 Å². The third-order valence-corrected chi connectivity index (χ3v) is 8.11. The lowest BCUT2D eigenvalue weighted by atomic mass is 10.1. The highest BCUT2D eigenvalue weighted by molar-refractivity contribution is 7.07. The van der Waals surface area contributed by atoms with Crippen molar-refractivity contribution in [1.82, 2.24) is 19.8 Å². The SMILES string of the molecule is CCNC(=O)/C(C#N)=c1\s/c(=C/Nc2cccc(NC(=O)CN3CCN(c4c(C)cccc4C)CC3)n2)c(=O)n1CC. The molecule has 3 heterocycles. The van der Waals surface area contributed by atoms with Gasteiger partial charge in [-0.15, -0.1) is 11.3 Å². The average molecular weight is 589 g/mol. The van der Waals surface area contributed by atoms with Crippen molar-refractivity contribution >= 4 is 52.2 Å². The van der Waals surface area contributed by atoms with Gasteiger partial charge < -0.3 is 20.9 Å². The molecule has 0 unspecified atom stereocenters. The Bertz CT molecular complexity index is 1660. The molecule has 0 atom stereocenters. The van der Waals surface area contributed by atoms with E-state index < -0.39 is 5.91 Å².